The van der Waals surface area contributed by atoms with Crippen LogP contribution >= 0.6 is 46.9 Å². The van der Waals surface area contributed by atoms with Gasteiger partial charge in [-0.25, -0.2) is 24.3 Å². The molecule has 3 aromatic heterocycles. The zero-order chi connectivity index (χ0) is 18.3. The maximum absolute atomic E-state index is 14.2. The lowest BCUT2D eigenvalue weighted by molar-refractivity contribution is 0.632. The van der Waals surface area contributed by atoms with E-state index in [9.17, 15) is 4.39 Å². The molecule has 0 aliphatic carbocycles. The molecule has 3 N–H and O–H groups in total. The number of hydrogen-bond acceptors (Lipinski definition) is 7. The van der Waals surface area contributed by atoms with E-state index < -0.39 is 5.82 Å². The van der Waals surface area contributed by atoms with E-state index in [1.165, 1.54) is 17.7 Å². The summed E-state index contributed by atoms with van der Waals surface area (Å²) in [4.78, 5) is 16.4. The maximum Gasteiger partial charge on any atom is 0.168 e. The zero-order valence-corrected chi connectivity index (χ0v) is 16.4. The summed E-state index contributed by atoms with van der Waals surface area (Å²) < 4.78 is 14.7. The molecule has 27 heavy (non-hydrogen) atoms. The Bertz CT molecular complexity index is 1120. The molecular weight excluding hydrogens is 434 g/mol. The van der Waals surface area contributed by atoms with E-state index in [2.05, 4.69) is 25.3 Å². The second kappa shape index (κ2) is 7.77. The van der Waals surface area contributed by atoms with E-state index in [0.29, 0.717) is 42.8 Å². The third-order valence-electron chi connectivity index (χ3n) is 3.49. The molecule has 0 amide bonds. The van der Waals surface area contributed by atoms with Gasteiger partial charge in [0.25, 0.3) is 0 Å². The van der Waals surface area contributed by atoms with Crippen molar-refractivity contribution in [3.8, 4) is 10.6 Å². The molecular formula is C16H10Cl3FN6S. The highest BCUT2D eigenvalue weighted by Gasteiger charge is 2.18. The van der Waals surface area contributed by atoms with Gasteiger partial charge in [-0.3, -0.25) is 0 Å². The van der Waals surface area contributed by atoms with Crippen molar-refractivity contribution in [2.24, 2.45) is 0 Å². The number of rotatable bonds is 3. The summed E-state index contributed by atoms with van der Waals surface area (Å²) in [6, 6.07) is 6.68. The quantitative estimate of drug-likeness (QED) is 0.444. The number of nitrogens with zero attached hydrogens (tertiary/aromatic N) is 4. The highest BCUT2D eigenvalue weighted by molar-refractivity contribution is 7.22. The maximum atomic E-state index is 14.2. The molecule has 11 heteroatoms. The number of pyridine rings is 1. The molecule has 138 valence electrons. The minimum Gasteiger partial charge on any atom is -0.384 e. The van der Waals surface area contributed by atoms with Crippen molar-refractivity contribution in [1.82, 2.24) is 19.9 Å². The van der Waals surface area contributed by atoms with Crippen LogP contribution in [0.5, 0.6) is 0 Å². The Morgan fingerprint density at radius 3 is 2.56 bits per heavy atom. The molecule has 0 radical (unpaired) electrons. The Labute approximate surface area is 173 Å². The number of nitrogens with one attached hydrogen (secondary N) is 1. The van der Waals surface area contributed by atoms with Crippen molar-refractivity contribution < 1.29 is 4.39 Å². The van der Waals surface area contributed by atoms with Crippen LogP contribution in [-0.2, 0) is 0 Å². The Kier molecular flexibility index (Phi) is 5.61. The first kappa shape index (κ1) is 19.5. The molecule has 4 rings (SSSR count). The summed E-state index contributed by atoms with van der Waals surface area (Å²) >= 11 is 13.7. The fraction of sp³-hybridized carbons (Fsp3) is 0. The van der Waals surface area contributed by atoms with Crippen LogP contribution in [-0.4, -0.2) is 19.9 Å². The lowest BCUT2D eigenvalue weighted by Crippen LogP contribution is -1.99. The van der Waals surface area contributed by atoms with Gasteiger partial charge in [0.05, 0.1) is 16.2 Å². The molecule has 0 spiro atoms. The largest absolute Gasteiger partial charge is 0.384 e. The van der Waals surface area contributed by atoms with E-state index in [-0.39, 0.29) is 17.9 Å². The molecule has 3 heterocycles. The fourth-order valence-corrected chi connectivity index (χ4v) is 4.12. The topological polar surface area (TPSA) is 89.6 Å². The van der Waals surface area contributed by atoms with Crippen LogP contribution in [0.1, 0.15) is 0 Å². The minimum atomic E-state index is -0.543. The number of aromatic nitrogens is 4. The van der Waals surface area contributed by atoms with E-state index in [1.807, 2.05) is 0 Å². The fourth-order valence-electron chi connectivity index (χ4n) is 2.34. The Morgan fingerprint density at radius 1 is 1.11 bits per heavy atom. The molecule has 0 fully saturated rings. The van der Waals surface area contributed by atoms with Crippen LogP contribution in [0.25, 0.3) is 20.8 Å². The second-order valence-electron chi connectivity index (χ2n) is 5.20. The van der Waals surface area contributed by atoms with E-state index in [0.717, 1.165) is 6.20 Å². The number of halogens is 4. The Balaban J connectivity index is 0.00000210. The molecule has 0 aliphatic heterocycles. The molecule has 6 nitrogen and oxygen atoms in total. The summed E-state index contributed by atoms with van der Waals surface area (Å²) in [6.07, 6.45) is 2.41. The van der Waals surface area contributed by atoms with Crippen LogP contribution in [0.2, 0.25) is 10.0 Å². The first-order valence-electron chi connectivity index (χ1n) is 7.27. The SMILES string of the molecule is Cl.Nc1cc(Nc2ncc(F)c3nc(-c4c(Cl)cccc4Cl)sc23)ncn1. The first-order chi connectivity index (χ1) is 12.5. The lowest BCUT2D eigenvalue weighted by Gasteiger charge is -2.05. The van der Waals surface area contributed by atoms with Gasteiger partial charge in [-0.2, -0.15) is 0 Å². The Morgan fingerprint density at radius 2 is 1.85 bits per heavy atom. The number of hydrogen-bond donors (Lipinski definition) is 2. The first-order valence-corrected chi connectivity index (χ1v) is 8.84. The standard InChI is InChI=1S/C16H9Cl2FN6S.ClH/c17-7-2-1-3-8(18)12(7)16-25-13-9(19)5-21-15(14(13)26-16)24-11-4-10(20)22-6-23-11;/h1-6H,(H3,20,21,22,23,24);1H. The van der Waals surface area contributed by atoms with Crippen LogP contribution in [0.15, 0.2) is 36.8 Å². The molecule has 0 bridgehead atoms. The van der Waals surface area contributed by atoms with Crippen LogP contribution in [0.3, 0.4) is 0 Å². The summed E-state index contributed by atoms with van der Waals surface area (Å²) in [5.41, 5.74) is 6.37. The highest BCUT2D eigenvalue weighted by atomic mass is 35.5. The van der Waals surface area contributed by atoms with Crippen LogP contribution in [0, 0.1) is 5.82 Å². The summed E-state index contributed by atoms with van der Waals surface area (Å²) in [5, 5.41) is 4.36. The number of thiazole rings is 1. The van der Waals surface area contributed by atoms with Crippen molar-refractivity contribution in [2.75, 3.05) is 11.1 Å². The van der Waals surface area contributed by atoms with E-state index in [4.69, 9.17) is 28.9 Å². The van der Waals surface area contributed by atoms with Gasteiger partial charge in [0.1, 0.15) is 33.2 Å². The second-order valence-corrected chi connectivity index (χ2v) is 7.01. The van der Waals surface area contributed by atoms with Gasteiger partial charge < -0.3 is 11.1 Å². The number of nitrogens with two attached hydrogens (primary N) is 1. The summed E-state index contributed by atoms with van der Waals surface area (Å²) in [5.74, 6) is 0.585. The molecule has 1 aromatic carbocycles. The summed E-state index contributed by atoms with van der Waals surface area (Å²) in [7, 11) is 0. The van der Waals surface area contributed by atoms with Crippen molar-refractivity contribution in [3.63, 3.8) is 0 Å². The monoisotopic (exact) mass is 442 g/mol. The molecule has 0 saturated heterocycles. The average molecular weight is 444 g/mol. The van der Waals surface area contributed by atoms with Gasteiger partial charge in [-0.05, 0) is 12.1 Å². The summed E-state index contributed by atoms with van der Waals surface area (Å²) in [6.45, 7) is 0. The number of fused-ring (bicyclic) bond motifs is 1. The zero-order valence-electron chi connectivity index (χ0n) is 13.3. The molecule has 0 unspecified atom stereocenters. The van der Waals surface area contributed by atoms with Gasteiger partial charge in [-0.1, -0.05) is 29.3 Å². The number of nitrogen functional groups attached to an aromatic ring is 1. The normalized spacial score (nSPS) is 10.6. The highest BCUT2D eigenvalue weighted by Crippen LogP contribution is 2.41. The third-order valence-corrected chi connectivity index (χ3v) is 5.20. The minimum absolute atomic E-state index is 0. The predicted molar refractivity (Wildman–Crippen MR) is 110 cm³/mol. The average Bonchev–Trinajstić information content (AvgIpc) is 3.03. The number of benzene rings is 1. The van der Waals surface area contributed by atoms with E-state index >= 15 is 0 Å². The molecule has 4 aromatic rings. The van der Waals surface area contributed by atoms with Gasteiger partial charge in [0.15, 0.2) is 11.6 Å². The van der Waals surface area contributed by atoms with Crippen LogP contribution < -0.4 is 11.1 Å². The van der Waals surface area contributed by atoms with Gasteiger partial charge in [0, 0.05) is 11.6 Å². The third kappa shape index (κ3) is 3.74. The smallest absolute Gasteiger partial charge is 0.168 e. The molecule has 0 aliphatic rings. The van der Waals surface area contributed by atoms with E-state index in [1.54, 1.807) is 24.3 Å². The van der Waals surface area contributed by atoms with Crippen molar-refractivity contribution >= 4 is 74.6 Å². The lowest BCUT2D eigenvalue weighted by atomic mass is 10.2. The molecule has 0 atom stereocenters. The van der Waals surface area contributed by atoms with Crippen molar-refractivity contribution in [2.45, 2.75) is 0 Å². The van der Waals surface area contributed by atoms with Gasteiger partial charge >= 0.3 is 0 Å². The van der Waals surface area contributed by atoms with Crippen molar-refractivity contribution in [1.29, 1.82) is 0 Å². The Hall–Kier alpha value is -2.26. The van der Waals surface area contributed by atoms with Gasteiger partial charge in [-0.15, -0.1) is 23.7 Å². The predicted octanol–water partition coefficient (Wildman–Crippen LogP) is 5.34. The van der Waals surface area contributed by atoms with Crippen molar-refractivity contribution in [3.05, 3.63) is 52.7 Å². The van der Waals surface area contributed by atoms with Crippen LogP contribution in [0.4, 0.5) is 21.8 Å². The number of anilines is 3. The van der Waals surface area contributed by atoms with Gasteiger partial charge in [0.2, 0.25) is 0 Å². The molecule has 0 saturated carbocycles.